The van der Waals surface area contributed by atoms with E-state index in [0.717, 1.165) is 5.56 Å². The predicted octanol–water partition coefficient (Wildman–Crippen LogP) is 1.75. The normalized spacial score (nSPS) is 12.2. The van der Waals surface area contributed by atoms with Crippen LogP contribution in [0.5, 0.6) is 0 Å². The van der Waals surface area contributed by atoms with E-state index in [-0.39, 0.29) is 5.56 Å². The Balaban J connectivity index is 2.66. The Morgan fingerprint density at radius 2 is 1.83 bits per heavy atom. The maximum atomic E-state index is 12.1. The van der Waals surface area contributed by atoms with Crippen molar-refractivity contribution in [3.63, 3.8) is 0 Å². The van der Waals surface area contributed by atoms with Gasteiger partial charge in [-0.3, -0.25) is 10.1 Å². The van der Waals surface area contributed by atoms with Crippen molar-refractivity contribution in [1.29, 1.82) is 0 Å². The fourth-order valence-electron chi connectivity index (χ4n) is 1.72. The lowest BCUT2D eigenvalue weighted by Gasteiger charge is -2.21. The predicted molar refractivity (Wildman–Crippen MR) is 86.9 cm³/mol. The first-order valence-corrected chi connectivity index (χ1v) is 7.20. The van der Waals surface area contributed by atoms with Crippen molar-refractivity contribution in [2.24, 2.45) is 0 Å². The van der Waals surface area contributed by atoms with Crippen LogP contribution in [0.15, 0.2) is 18.2 Å². The molecule has 0 fully saturated rings. The number of carbonyl (C=O) groups excluding carboxylic acids is 3. The van der Waals surface area contributed by atoms with Gasteiger partial charge in [-0.1, -0.05) is 12.1 Å². The Kier molecular flexibility index (Phi) is 5.73. The molecule has 1 atom stereocenters. The van der Waals surface area contributed by atoms with Gasteiger partial charge in [0.25, 0.3) is 5.91 Å². The molecule has 0 heterocycles. The highest BCUT2D eigenvalue weighted by molar-refractivity contribution is 6.00. The van der Waals surface area contributed by atoms with Crippen LogP contribution < -0.4 is 16.4 Å². The number of esters is 1. The molecule has 0 aliphatic carbocycles. The van der Waals surface area contributed by atoms with Crippen LogP contribution in [0.4, 0.5) is 10.5 Å². The van der Waals surface area contributed by atoms with Gasteiger partial charge in [-0.15, -0.1) is 0 Å². The minimum Gasteiger partial charge on any atom is -0.449 e. The molecule has 7 nitrogen and oxygen atoms in total. The van der Waals surface area contributed by atoms with Crippen LogP contribution in [0.1, 0.15) is 43.6 Å². The van der Waals surface area contributed by atoms with E-state index >= 15 is 0 Å². The van der Waals surface area contributed by atoms with Gasteiger partial charge in [-0.05, 0) is 46.2 Å². The second-order valence-corrected chi connectivity index (χ2v) is 6.28. The summed E-state index contributed by atoms with van der Waals surface area (Å²) in [6, 6.07) is 4.30. The molecule has 0 aliphatic heterocycles. The number of hydrogen-bond acceptors (Lipinski definition) is 5. The number of para-hydroxylation sites is 1. The van der Waals surface area contributed by atoms with Crippen LogP contribution in [0.25, 0.3) is 0 Å². The third kappa shape index (κ3) is 5.61. The molecule has 0 aromatic heterocycles. The third-order valence-corrected chi connectivity index (χ3v) is 2.92. The minimum absolute atomic E-state index is 0.184. The first-order valence-electron chi connectivity index (χ1n) is 7.20. The van der Waals surface area contributed by atoms with Gasteiger partial charge in [0.2, 0.25) is 0 Å². The molecule has 0 radical (unpaired) electrons. The van der Waals surface area contributed by atoms with E-state index < -0.39 is 29.6 Å². The summed E-state index contributed by atoms with van der Waals surface area (Å²) in [5, 5.41) is 4.70. The lowest BCUT2D eigenvalue weighted by Crippen LogP contribution is -2.50. The quantitative estimate of drug-likeness (QED) is 0.580. The Bertz CT molecular complexity index is 620. The average molecular weight is 321 g/mol. The molecule has 0 aliphatic rings. The van der Waals surface area contributed by atoms with Crippen molar-refractivity contribution in [2.45, 2.75) is 46.3 Å². The highest BCUT2D eigenvalue weighted by atomic mass is 16.5. The van der Waals surface area contributed by atoms with Gasteiger partial charge >= 0.3 is 12.0 Å². The topological polar surface area (TPSA) is 111 Å². The number of nitrogens with two attached hydrogens (primary N) is 1. The van der Waals surface area contributed by atoms with E-state index in [1.54, 1.807) is 39.8 Å². The van der Waals surface area contributed by atoms with E-state index in [1.807, 2.05) is 0 Å². The molecule has 1 aromatic carbocycles. The monoisotopic (exact) mass is 321 g/mol. The summed E-state index contributed by atoms with van der Waals surface area (Å²) in [4.78, 5) is 35.6. The number of rotatable bonds is 3. The van der Waals surface area contributed by atoms with Crippen LogP contribution in [-0.2, 0) is 9.53 Å². The molecule has 126 valence electrons. The fraction of sp³-hybridized carbons (Fsp3) is 0.438. The van der Waals surface area contributed by atoms with Crippen LogP contribution in [0.2, 0.25) is 0 Å². The lowest BCUT2D eigenvalue weighted by atomic mass is 10.1. The number of anilines is 1. The highest BCUT2D eigenvalue weighted by Crippen LogP contribution is 2.18. The molecule has 4 N–H and O–H groups in total. The highest BCUT2D eigenvalue weighted by Gasteiger charge is 2.23. The summed E-state index contributed by atoms with van der Waals surface area (Å²) < 4.78 is 5.05. The first kappa shape index (κ1) is 18.5. The summed E-state index contributed by atoms with van der Waals surface area (Å²) in [7, 11) is 0. The molecule has 0 saturated carbocycles. The summed E-state index contributed by atoms with van der Waals surface area (Å²) in [6.07, 6.45) is -1.13. The van der Waals surface area contributed by atoms with Crippen molar-refractivity contribution in [3.05, 3.63) is 29.3 Å². The number of nitrogens with one attached hydrogen (secondary N) is 2. The van der Waals surface area contributed by atoms with E-state index in [4.69, 9.17) is 10.5 Å². The second kappa shape index (κ2) is 7.13. The second-order valence-electron chi connectivity index (χ2n) is 6.28. The summed E-state index contributed by atoms with van der Waals surface area (Å²) in [6.45, 7) is 8.48. The molecule has 1 rings (SSSR count). The number of imide groups is 1. The third-order valence-electron chi connectivity index (χ3n) is 2.92. The average Bonchev–Trinajstić information content (AvgIpc) is 2.39. The van der Waals surface area contributed by atoms with E-state index in [0.29, 0.717) is 5.69 Å². The van der Waals surface area contributed by atoms with E-state index in [9.17, 15) is 14.4 Å². The first-order chi connectivity index (χ1) is 10.5. The number of hydrogen-bond donors (Lipinski definition) is 3. The summed E-state index contributed by atoms with van der Waals surface area (Å²) >= 11 is 0. The molecule has 0 saturated heterocycles. The van der Waals surface area contributed by atoms with Crippen molar-refractivity contribution >= 4 is 23.6 Å². The molecule has 1 aromatic rings. The van der Waals surface area contributed by atoms with Gasteiger partial charge in [0.1, 0.15) is 0 Å². The molecule has 0 unspecified atom stereocenters. The van der Waals surface area contributed by atoms with Crippen molar-refractivity contribution in [2.75, 3.05) is 5.73 Å². The summed E-state index contributed by atoms with van der Waals surface area (Å²) in [5.41, 5.74) is 6.56. The smallest absolute Gasteiger partial charge is 0.341 e. The maximum absolute atomic E-state index is 12.1. The zero-order valence-corrected chi connectivity index (χ0v) is 14.0. The number of amides is 3. The van der Waals surface area contributed by atoms with Gasteiger partial charge in [0, 0.05) is 11.2 Å². The number of nitrogen functional groups attached to an aromatic ring is 1. The van der Waals surface area contributed by atoms with Gasteiger partial charge in [0.15, 0.2) is 6.10 Å². The zero-order chi connectivity index (χ0) is 17.8. The van der Waals surface area contributed by atoms with E-state index in [1.165, 1.54) is 13.0 Å². The van der Waals surface area contributed by atoms with Gasteiger partial charge in [-0.25, -0.2) is 9.59 Å². The molecule has 0 spiro atoms. The molecule has 0 bridgehead atoms. The van der Waals surface area contributed by atoms with Gasteiger partial charge < -0.3 is 15.8 Å². The van der Waals surface area contributed by atoms with Gasteiger partial charge in [0.05, 0.1) is 5.56 Å². The lowest BCUT2D eigenvalue weighted by molar-refractivity contribution is -0.127. The van der Waals surface area contributed by atoms with Crippen molar-refractivity contribution in [1.82, 2.24) is 10.6 Å². The van der Waals surface area contributed by atoms with Crippen LogP contribution >= 0.6 is 0 Å². The standard InChI is InChI=1S/C16H23N3O4/c1-9-7-6-8-11(12(9)17)14(21)23-10(2)13(20)18-15(22)19-16(3,4)5/h6-8,10H,17H2,1-5H3,(H2,18,19,20,22)/t10-/m1/s1. The van der Waals surface area contributed by atoms with Crippen molar-refractivity contribution in [3.8, 4) is 0 Å². The number of aryl methyl sites for hydroxylation is 1. The number of ether oxygens (including phenoxy) is 1. The largest absolute Gasteiger partial charge is 0.449 e. The van der Waals surface area contributed by atoms with Crippen molar-refractivity contribution < 1.29 is 19.1 Å². The number of benzene rings is 1. The van der Waals surface area contributed by atoms with Gasteiger partial charge in [-0.2, -0.15) is 0 Å². The fourth-order valence-corrected chi connectivity index (χ4v) is 1.72. The maximum Gasteiger partial charge on any atom is 0.341 e. The van der Waals surface area contributed by atoms with E-state index in [2.05, 4.69) is 10.6 Å². The summed E-state index contributed by atoms with van der Waals surface area (Å²) in [5.74, 6) is -1.43. The Labute approximate surface area is 135 Å². The van der Waals surface area contributed by atoms with Crippen LogP contribution in [0, 0.1) is 6.92 Å². The SMILES string of the molecule is Cc1cccc(C(=O)O[C@H](C)C(=O)NC(=O)NC(C)(C)C)c1N. The number of carbonyl (C=O) groups is 3. The molecule has 3 amide bonds. The Hall–Kier alpha value is -2.57. The molecule has 23 heavy (non-hydrogen) atoms. The Morgan fingerprint density at radius 3 is 2.39 bits per heavy atom. The minimum atomic E-state index is -1.13. The van der Waals surface area contributed by atoms with Crippen LogP contribution in [0.3, 0.4) is 0 Å². The molecular formula is C16H23N3O4. The zero-order valence-electron chi connectivity index (χ0n) is 14.0. The molecule has 7 heteroatoms. The Morgan fingerprint density at radius 1 is 1.22 bits per heavy atom. The molecular weight excluding hydrogens is 298 g/mol. The number of urea groups is 1. The van der Waals surface area contributed by atoms with Crippen LogP contribution in [-0.4, -0.2) is 29.6 Å².